The van der Waals surface area contributed by atoms with Crippen LogP contribution in [-0.4, -0.2) is 0 Å². The second-order valence-electron chi connectivity index (χ2n) is 3.69. The molecule has 0 unspecified atom stereocenters. The van der Waals surface area contributed by atoms with E-state index in [1.54, 1.807) is 0 Å². The molecule has 0 aliphatic heterocycles. The van der Waals surface area contributed by atoms with Crippen LogP contribution in [-0.2, 0) is 0 Å². The first-order chi connectivity index (χ1) is 6.70. The monoisotopic (exact) mass is 190 g/mol. The molecule has 0 fully saturated rings. The Morgan fingerprint density at radius 3 is 1.43 bits per heavy atom. The van der Waals surface area contributed by atoms with Gasteiger partial charge in [-0.25, -0.2) is 0 Å². The van der Waals surface area contributed by atoms with Crippen molar-refractivity contribution in [3.63, 3.8) is 0 Å². The van der Waals surface area contributed by atoms with Crippen LogP contribution in [0.5, 0.6) is 0 Å². The smallest absolute Gasteiger partial charge is 0.0144 e. The Kier molecular flexibility index (Phi) is 7.92. The zero-order chi connectivity index (χ0) is 10.8. The van der Waals surface area contributed by atoms with Gasteiger partial charge in [0.25, 0.3) is 0 Å². The summed E-state index contributed by atoms with van der Waals surface area (Å²) >= 11 is 0. The van der Waals surface area contributed by atoms with E-state index in [2.05, 4.69) is 26.3 Å². The second-order valence-corrected chi connectivity index (χ2v) is 3.69. The summed E-state index contributed by atoms with van der Waals surface area (Å²) in [5.74, 6) is 0. The lowest BCUT2D eigenvalue weighted by Crippen LogP contribution is -1.84. The quantitative estimate of drug-likeness (QED) is 0.361. The van der Waals surface area contributed by atoms with Gasteiger partial charge in [-0.2, -0.15) is 0 Å². The van der Waals surface area contributed by atoms with E-state index in [0.717, 1.165) is 25.7 Å². The zero-order valence-corrected chi connectivity index (χ0v) is 9.23. The van der Waals surface area contributed by atoms with Gasteiger partial charge in [-0.05, 0) is 38.5 Å². The van der Waals surface area contributed by atoms with Gasteiger partial charge >= 0.3 is 0 Å². The van der Waals surface area contributed by atoms with Crippen LogP contribution >= 0.6 is 0 Å². The summed E-state index contributed by atoms with van der Waals surface area (Å²) in [6.45, 7) is 15.4. The third kappa shape index (κ3) is 7.60. The van der Waals surface area contributed by atoms with Crippen molar-refractivity contribution in [2.45, 2.75) is 38.5 Å². The van der Waals surface area contributed by atoms with Crippen LogP contribution in [0.4, 0.5) is 0 Å². The summed E-state index contributed by atoms with van der Waals surface area (Å²) in [6.07, 6.45) is 10.4. The molecule has 0 radical (unpaired) electrons. The molecule has 0 saturated heterocycles. The molecule has 0 aliphatic carbocycles. The van der Waals surface area contributed by atoms with Crippen LogP contribution < -0.4 is 0 Å². The van der Waals surface area contributed by atoms with Gasteiger partial charge in [0.05, 0.1) is 0 Å². The summed E-state index contributed by atoms with van der Waals surface area (Å²) in [5, 5.41) is 0. The lowest BCUT2D eigenvalue weighted by molar-refractivity contribution is 0.714. The summed E-state index contributed by atoms with van der Waals surface area (Å²) in [5.41, 5.74) is 2.57. The van der Waals surface area contributed by atoms with Crippen molar-refractivity contribution < 1.29 is 0 Å². The van der Waals surface area contributed by atoms with Gasteiger partial charge in [0, 0.05) is 0 Å². The molecule has 0 N–H and O–H groups in total. The SMILES string of the molecule is C=CCC(=C)CCCCC(=C)CC=C. The fourth-order valence-corrected chi connectivity index (χ4v) is 1.36. The molecule has 78 valence electrons. The van der Waals surface area contributed by atoms with Gasteiger partial charge in [-0.3, -0.25) is 0 Å². The zero-order valence-electron chi connectivity index (χ0n) is 9.23. The molecule has 0 atom stereocenters. The molecule has 0 heteroatoms. The molecule has 0 saturated carbocycles. The third-order valence-electron chi connectivity index (χ3n) is 2.18. The van der Waals surface area contributed by atoms with Gasteiger partial charge in [-0.15, -0.1) is 13.2 Å². The molecule has 14 heavy (non-hydrogen) atoms. The number of hydrogen-bond acceptors (Lipinski definition) is 0. The Hall–Kier alpha value is -1.04. The van der Waals surface area contributed by atoms with Crippen molar-refractivity contribution >= 4 is 0 Å². The predicted octanol–water partition coefficient (Wildman–Crippen LogP) is 4.81. The summed E-state index contributed by atoms with van der Waals surface area (Å²) in [7, 11) is 0. The molecule has 0 amide bonds. The molecule has 0 spiro atoms. The van der Waals surface area contributed by atoms with E-state index >= 15 is 0 Å². The van der Waals surface area contributed by atoms with E-state index in [4.69, 9.17) is 0 Å². The number of allylic oxidation sites excluding steroid dienone is 4. The lowest BCUT2D eigenvalue weighted by Gasteiger charge is -2.04. The van der Waals surface area contributed by atoms with Crippen molar-refractivity contribution in [1.82, 2.24) is 0 Å². The van der Waals surface area contributed by atoms with Gasteiger partial charge in [0.15, 0.2) is 0 Å². The first kappa shape index (κ1) is 13.0. The van der Waals surface area contributed by atoms with Crippen LogP contribution in [0.15, 0.2) is 49.6 Å². The number of rotatable bonds is 9. The minimum absolute atomic E-state index is 0.952. The third-order valence-corrected chi connectivity index (χ3v) is 2.18. The van der Waals surface area contributed by atoms with E-state index in [1.807, 2.05) is 12.2 Å². The van der Waals surface area contributed by atoms with Gasteiger partial charge < -0.3 is 0 Å². The van der Waals surface area contributed by atoms with Crippen molar-refractivity contribution in [3.05, 3.63) is 49.6 Å². The highest BCUT2D eigenvalue weighted by atomic mass is 14.0. The summed E-state index contributed by atoms with van der Waals surface area (Å²) in [6, 6.07) is 0. The molecule has 0 aromatic carbocycles. The van der Waals surface area contributed by atoms with E-state index < -0.39 is 0 Å². The van der Waals surface area contributed by atoms with Gasteiger partial charge in [-0.1, -0.05) is 36.5 Å². The molecule has 0 bridgehead atoms. The number of unbranched alkanes of at least 4 members (excludes halogenated alkanes) is 1. The Balaban J connectivity index is 3.36. The van der Waals surface area contributed by atoms with E-state index in [0.29, 0.717) is 0 Å². The second kappa shape index (κ2) is 8.55. The maximum absolute atomic E-state index is 3.99. The highest BCUT2D eigenvalue weighted by Gasteiger charge is 1.95. The summed E-state index contributed by atoms with van der Waals surface area (Å²) < 4.78 is 0. The fourth-order valence-electron chi connectivity index (χ4n) is 1.36. The first-order valence-electron chi connectivity index (χ1n) is 5.25. The largest absolute Gasteiger partial charge is 0.103 e. The Morgan fingerprint density at radius 2 is 1.14 bits per heavy atom. The standard InChI is InChI=1S/C14H22/c1-5-9-13(3)11-7-8-12-14(4)10-6-2/h5-6H,1-4,7-12H2. The maximum atomic E-state index is 3.99. The van der Waals surface area contributed by atoms with Crippen molar-refractivity contribution in [1.29, 1.82) is 0 Å². The Labute approximate surface area is 88.7 Å². The highest BCUT2D eigenvalue weighted by molar-refractivity contribution is 5.01. The molecule has 0 aliphatic rings. The summed E-state index contributed by atoms with van der Waals surface area (Å²) in [4.78, 5) is 0. The molecule has 0 aromatic heterocycles. The Morgan fingerprint density at radius 1 is 0.786 bits per heavy atom. The van der Waals surface area contributed by atoms with Gasteiger partial charge in [0.2, 0.25) is 0 Å². The van der Waals surface area contributed by atoms with Crippen LogP contribution in [0.25, 0.3) is 0 Å². The van der Waals surface area contributed by atoms with E-state index in [9.17, 15) is 0 Å². The highest BCUT2D eigenvalue weighted by Crippen LogP contribution is 2.14. The predicted molar refractivity (Wildman–Crippen MR) is 66.4 cm³/mol. The molecule has 0 heterocycles. The van der Waals surface area contributed by atoms with Crippen LogP contribution in [0.1, 0.15) is 38.5 Å². The lowest BCUT2D eigenvalue weighted by atomic mass is 10.0. The van der Waals surface area contributed by atoms with Crippen LogP contribution in [0, 0.1) is 0 Å². The average Bonchev–Trinajstić information content (AvgIpc) is 2.13. The fraction of sp³-hybridized carbons (Fsp3) is 0.429. The average molecular weight is 190 g/mol. The van der Waals surface area contributed by atoms with Crippen molar-refractivity contribution in [2.24, 2.45) is 0 Å². The molecule has 0 rings (SSSR count). The van der Waals surface area contributed by atoms with E-state index in [-0.39, 0.29) is 0 Å². The van der Waals surface area contributed by atoms with Crippen LogP contribution in [0.2, 0.25) is 0 Å². The van der Waals surface area contributed by atoms with Crippen molar-refractivity contribution in [3.8, 4) is 0 Å². The maximum Gasteiger partial charge on any atom is -0.0144 e. The molecular weight excluding hydrogens is 168 g/mol. The Bertz CT molecular complexity index is 184. The molecular formula is C14H22. The minimum Gasteiger partial charge on any atom is -0.103 e. The number of hydrogen-bond donors (Lipinski definition) is 0. The van der Waals surface area contributed by atoms with Crippen LogP contribution in [0.3, 0.4) is 0 Å². The molecule has 0 nitrogen and oxygen atoms in total. The van der Waals surface area contributed by atoms with E-state index in [1.165, 1.54) is 24.0 Å². The topological polar surface area (TPSA) is 0 Å². The first-order valence-corrected chi connectivity index (χ1v) is 5.25. The normalized spacial score (nSPS) is 9.43. The van der Waals surface area contributed by atoms with Gasteiger partial charge in [0.1, 0.15) is 0 Å². The van der Waals surface area contributed by atoms with Crippen molar-refractivity contribution in [2.75, 3.05) is 0 Å². The molecule has 0 aromatic rings. The minimum atomic E-state index is 0.952.